The van der Waals surface area contributed by atoms with E-state index in [4.69, 9.17) is 0 Å². The Balaban J connectivity index is 1.91. The highest BCUT2D eigenvalue weighted by Crippen LogP contribution is 2.34. The summed E-state index contributed by atoms with van der Waals surface area (Å²) in [5.41, 5.74) is 3.48. The highest BCUT2D eigenvalue weighted by Gasteiger charge is 2.37. The molecule has 0 aliphatic carbocycles. The van der Waals surface area contributed by atoms with Crippen molar-refractivity contribution in [2.45, 2.75) is 12.5 Å². The lowest BCUT2D eigenvalue weighted by Gasteiger charge is -2.45. The van der Waals surface area contributed by atoms with Gasteiger partial charge in [-0.15, -0.1) is 0 Å². The van der Waals surface area contributed by atoms with Gasteiger partial charge in [-0.3, -0.25) is 4.98 Å². The summed E-state index contributed by atoms with van der Waals surface area (Å²) in [5.74, 6) is 0. The maximum atomic E-state index is 9.97. The average molecular weight is 305 g/mol. The van der Waals surface area contributed by atoms with Crippen molar-refractivity contribution in [1.29, 1.82) is 5.26 Å². The Kier molecular flexibility index (Phi) is 2.86. The molecule has 0 atom stereocenters. The smallest absolute Gasteiger partial charge is 0.103 e. The molecule has 0 unspecified atom stereocenters. The first kappa shape index (κ1) is 13.7. The normalized spacial score (nSPS) is 16.1. The number of aromatic nitrogens is 3. The van der Waals surface area contributed by atoms with Gasteiger partial charge in [-0.05, 0) is 19.1 Å². The first-order valence-electron chi connectivity index (χ1n) is 7.37. The molecule has 0 amide bonds. The van der Waals surface area contributed by atoms with Crippen LogP contribution in [0.2, 0.25) is 0 Å². The van der Waals surface area contributed by atoms with Gasteiger partial charge in [-0.1, -0.05) is 6.07 Å². The number of β-amino-alcohol motifs (C(OH)–C–C–N with tert-alkyl or cyclic N) is 1. The zero-order valence-electron chi connectivity index (χ0n) is 12.6. The van der Waals surface area contributed by atoms with Crippen LogP contribution in [-0.2, 0) is 0 Å². The predicted molar refractivity (Wildman–Crippen MR) is 86.0 cm³/mol. The highest BCUT2D eigenvalue weighted by molar-refractivity contribution is 5.86. The molecule has 0 bridgehead atoms. The second-order valence-electron chi connectivity index (χ2n) is 6.17. The van der Waals surface area contributed by atoms with Crippen molar-refractivity contribution in [3.05, 3.63) is 48.5 Å². The monoisotopic (exact) mass is 305 g/mol. The van der Waals surface area contributed by atoms with E-state index in [9.17, 15) is 10.4 Å². The summed E-state index contributed by atoms with van der Waals surface area (Å²) in [5, 5.41) is 23.6. The van der Waals surface area contributed by atoms with Crippen molar-refractivity contribution in [3.63, 3.8) is 0 Å². The molecule has 0 aromatic carbocycles. The molecular formula is C17H15N5O. The molecule has 114 valence electrons. The second kappa shape index (κ2) is 4.80. The van der Waals surface area contributed by atoms with Gasteiger partial charge in [0, 0.05) is 36.6 Å². The zero-order valence-corrected chi connectivity index (χ0v) is 12.6. The van der Waals surface area contributed by atoms with E-state index >= 15 is 0 Å². The summed E-state index contributed by atoms with van der Waals surface area (Å²) in [7, 11) is 0. The molecule has 4 rings (SSSR count). The number of aliphatic hydroxyl groups is 1. The number of anilines is 1. The van der Waals surface area contributed by atoms with Crippen LogP contribution < -0.4 is 4.90 Å². The molecule has 3 aromatic rings. The van der Waals surface area contributed by atoms with Gasteiger partial charge in [0.05, 0.1) is 34.8 Å². The maximum absolute atomic E-state index is 9.97. The van der Waals surface area contributed by atoms with Gasteiger partial charge in [0.15, 0.2) is 0 Å². The van der Waals surface area contributed by atoms with E-state index in [0.717, 1.165) is 22.3 Å². The quantitative estimate of drug-likeness (QED) is 0.781. The molecule has 23 heavy (non-hydrogen) atoms. The van der Waals surface area contributed by atoms with Gasteiger partial charge in [-0.2, -0.15) is 10.4 Å². The zero-order chi connectivity index (χ0) is 16.0. The standard InChI is InChI=1S/C17H15N5O/c1-17(23)10-21(11-17)14-5-15(12-3-2-4-19-7-12)16-13(6-18)8-20-22(16)9-14/h2-5,7-9,23H,10-11H2,1H3. The number of nitrogens with zero attached hydrogens (tertiary/aromatic N) is 5. The van der Waals surface area contributed by atoms with Crippen molar-refractivity contribution >= 4 is 11.2 Å². The predicted octanol–water partition coefficient (Wildman–Crippen LogP) is 1.84. The van der Waals surface area contributed by atoms with E-state index in [1.807, 2.05) is 31.3 Å². The number of pyridine rings is 2. The molecular weight excluding hydrogens is 290 g/mol. The minimum atomic E-state index is -0.647. The Labute approximate surface area is 133 Å². The maximum Gasteiger partial charge on any atom is 0.103 e. The van der Waals surface area contributed by atoms with E-state index in [-0.39, 0.29) is 0 Å². The van der Waals surface area contributed by atoms with Crippen LogP contribution in [0.25, 0.3) is 16.6 Å². The lowest BCUT2D eigenvalue weighted by atomic mass is 9.95. The minimum absolute atomic E-state index is 0.533. The lowest BCUT2D eigenvalue weighted by molar-refractivity contribution is 0.0310. The van der Waals surface area contributed by atoms with Crippen LogP contribution in [0.1, 0.15) is 12.5 Å². The van der Waals surface area contributed by atoms with Crippen LogP contribution in [-0.4, -0.2) is 38.4 Å². The Morgan fingerprint density at radius 1 is 1.35 bits per heavy atom. The summed E-state index contributed by atoms with van der Waals surface area (Å²) in [6.45, 7) is 2.99. The Hall–Kier alpha value is -2.91. The van der Waals surface area contributed by atoms with Crippen molar-refractivity contribution < 1.29 is 5.11 Å². The summed E-state index contributed by atoms with van der Waals surface area (Å²) >= 11 is 0. The summed E-state index contributed by atoms with van der Waals surface area (Å²) in [4.78, 5) is 6.26. The fourth-order valence-electron chi connectivity index (χ4n) is 3.06. The van der Waals surface area contributed by atoms with Crippen LogP contribution >= 0.6 is 0 Å². The van der Waals surface area contributed by atoms with E-state index in [1.165, 1.54) is 0 Å². The molecule has 0 saturated carbocycles. The number of rotatable bonds is 2. The summed E-state index contributed by atoms with van der Waals surface area (Å²) < 4.78 is 1.73. The Morgan fingerprint density at radius 3 is 2.83 bits per heavy atom. The first-order valence-corrected chi connectivity index (χ1v) is 7.37. The molecule has 4 heterocycles. The topological polar surface area (TPSA) is 77.4 Å². The fourth-order valence-corrected chi connectivity index (χ4v) is 3.06. The molecule has 1 fully saturated rings. The lowest BCUT2D eigenvalue weighted by Crippen LogP contribution is -2.60. The molecule has 0 spiro atoms. The van der Waals surface area contributed by atoms with E-state index in [0.29, 0.717) is 18.7 Å². The molecule has 1 aliphatic rings. The Bertz CT molecular complexity index is 915. The average Bonchev–Trinajstić information content (AvgIpc) is 2.95. The van der Waals surface area contributed by atoms with Crippen molar-refractivity contribution in [2.75, 3.05) is 18.0 Å². The Morgan fingerprint density at radius 2 is 2.17 bits per heavy atom. The molecule has 1 saturated heterocycles. The van der Waals surface area contributed by atoms with E-state index < -0.39 is 5.60 Å². The third-order valence-corrected chi connectivity index (χ3v) is 4.12. The first-order chi connectivity index (χ1) is 11.1. The van der Waals surface area contributed by atoms with Crippen LogP contribution in [0.3, 0.4) is 0 Å². The molecule has 3 aromatic heterocycles. The summed E-state index contributed by atoms with van der Waals surface area (Å²) in [6, 6.07) is 8.06. The fraction of sp³-hybridized carbons (Fsp3) is 0.235. The molecule has 1 aliphatic heterocycles. The van der Waals surface area contributed by atoms with Gasteiger partial charge in [-0.25, -0.2) is 4.52 Å². The van der Waals surface area contributed by atoms with E-state index in [2.05, 4.69) is 21.1 Å². The third kappa shape index (κ3) is 2.22. The molecule has 6 nitrogen and oxygen atoms in total. The van der Waals surface area contributed by atoms with Gasteiger partial charge in [0.2, 0.25) is 0 Å². The number of hydrogen-bond acceptors (Lipinski definition) is 5. The minimum Gasteiger partial charge on any atom is -0.386 e. The van der Waals surface area contributed by atoms with Gasteiger partial charge in [0.1, 0.15) is 6.07 Å². The summed E-state index contributed by atoms with van der Waals surface area (Å²) in [6.07, 6.45) is 6.97. The molecule has 6 heteroatoms. The molecule has 1 N–H and O–H groups in total. The number of nitriles is 1. The molecule has 0 radical (unpaired) electrons. The highest BCUT2D eigenvalue weighted by atomic mass is 16.3. The van der Waals surface area contributed by atoms with Gasteiger partial charge >= 0.3 is 0 Å². The van der Waals surface area contributed by atoms with Crippen LogP contribution in [0.4, 0.5) is 5.69 Å². The second-order valence-corrected chi connectivity index (χ2v) is 6.17. The van der Waals surface area contributed by atoms with Crippen LogP contribution in [0.15, 0.2) is 43.0 Å². The number of hydrogen-bond donors (Lipinski definition) is 1. The van der Waals surface area contributed by atoms with Gasteiger partial charge in [0.25, 0.3) is 0 Å². The van der Waals surface area contributed by atoms with E-state index in [1.54, 1.807) is 23.1 Å². The van der Waals surface area contributed by atoms with Crippen LogP contribution in [0, 0.1) is 11.3 Å². The number of fused-ring (bicyclic) bond motifs is 1. The van der Waals surface area contributed by atoms with Crippen LogP contribution in [0.5, 0.6) is 0 Å². The SMILES string of the molecule is CC1(O)CN(c2cc(-c3cccnc3)c3c(C#N)cnn3c2)C1. The third-order valence-electron chi connectivity index (χ3n) is 4.12. The van der Waals surface area contributed by atoms with Crippen molar-refractivity contribution in [1.82, 2.24) is 14.6 Å². The van der Waals surface area contributed by atoms with Crippen molar-refractivity contribution in [3.8, 4) is 17.2 Å². The van der Waals surface area contributed by atoms with Crippen molar-refractivity contribution in [2.24, 2.45) is 0 Å². The van der Waals surface area contributed by atoms with Gasteiger partial charge < -0.3 is 10.0 Å². The largest absolute Gasteiger partial charge is 0.386 e.